The molecule has 0 radical (unpaired) electrons. The number of carboxylic acid groups (broad SMARTS) is 1. The van der Waals surface area contributed by atoms with Crippen molar-refractivity contribution in [1.29, 1.82) is 0 Å². The fourth-order valence-electron chi connectivity index (χ4n) is 4.56. The van der Waals surface area contributed by atoms with Crippen molar-refractivity contribution in [3.05, 3.63) is 72.1 Å². The van der Waals surface area contributed by atoms with E-state index in [2.05, 4.69) is 40.0 Å². The predicted molar refractivity (Wildman–Crippen MR) is 128 cm³/mol. The van der Waals surface area contributed by atoms with E-state index >= 15 is 0 Å². The van der Waals surface area contributed by atoms with Crippen molar-refractivity contribution in [2.75, 3.05) is 11.9 Å². The Morgan fingerprint density at radius 2 is 1.71 bits per heavy atom. The van der Waals surface area contributed by atoms with Crippen LogP contribution in [0.3, 0.4) is 0 Å². The van der Waals surface area contributed by atoms with Crippen LogP contribution >= 0.6 is 0 Å². The molecule has 1 heterocycles. The second-order valence-electron chi connectivity index (χ2n) is 9.01. The molecular formula is C26H26N4O5. The van der Waals surface area contributed by atoms with E-state index in [9.17, 15) is 19.5 Å². The van der Waals surface area contributed by atoms with Gasteiger partial charge in [0.25, 0.3) is 0 Å². The van der Waals surface area contributed by atoms with Crippen LogP contribution in [0.5, 0.6) is 0 Å². The number of hydrogen-bond donors (Lipinski definition) is 3. The summed E-state index contributed by atoms with van der Waals surface area (Å²) in [6.07, 6.45) is 4.74. The van der Waals surface area contributed by atoms with Gasteiger partial charge in [0.1, 0.15) is 19.2 Å². The average molecular weight is 475 g/mol. The van der Waals surface area contributed by atoms with Crippen LogP contribution in [0, 0.1) is 5.92 Å². The summed E-state index contributed by atoms with van der Waals surface area (Å²) in [5.41, 5.74) is 4.93. The van der Waals surface area contributed by atoms with Gasteiger partial charge < -0.3 is 15.2 Å². The van der Waals surface area contributed by atoms with E-state index in [0.717, 1.165) is 35.1 Å². The molecule has 0 spiro atoms. The van der Waals surface area contributed by atoms with E-state index in [1.165, 1.54) is 17.1 Å². The van der Waals surface area contributed by atoms with Crippen molar-refractivity contribution in [2.45, 2.75) is 37.8 Å². The molecule has 0 unspecified atom stereocenters. The first-order valence-electron chi connectivity index (χ1n) is 11.6. The summed E-state index contributed by atoms with van der Waals surface area (Å²) in [7, 11) is 0. The number of carboxylic acids is 1. The zero-order valence-electron chi connectivity index (χ0n) is 19.0. The van der Waals surface area contributed by atoms with Gasteiger partial charge in [0, 0.05) is 12.1 Å². The van der Waals surface area contributed by atoms with Gasteiger partial charge >= 0.3 is 12.1 Å². The molecule has 35 heavy (non-hydrogen) atoms. The van der Waals surface area contributed by atoms with Gasteiger partial charge in [-0.15, -0.1) is 0 Å². The topological polar surface area (TPSA) is 123 Å². The minimum absolute atomic E-state index is 0.0441. The number of aliphatic carboxylic acids is 1. The zero-order chi connectivity index (χ0) is 24.4. The first kappa shape index (κ1) is 22.6. The fraction of sp³-hybridized carbons (Fsp3) is 0.308. The monoisotopic (exact) mass is 474 g/mol. The third-order valence-corrected chi connectivity index (χ3v) is 6.43. The van der Waals surface area contributed by atoms with Gasteiger partial charge in [-0.1, -0.05) is 61.4 Å². The Bertz CT molecular complexity index is 1220. The minimum Gasteiger partial charge on any atom is -0.480 e. The van der Waals surface area contributed by atoms with Gasteiger partial charge in [-0.05, 0) is 34.6 Å². The maximum Gasteiger partial charge on any atom is 0.411 e. The SMILES string of the molecule is O=C(Cn1cc(NC(=O)OCC2c3ccccc3-c3ccccc32)cn1)N[C@@H](CC1CC1)C(=O)O. The van der Waals surface area contributed by atoms with Crippen molar-refractivity contribution in [3.63, 3.8) is 0 Å². The molecule has 9 heteroatoms. The molecule has 2 aliphatic carbocycles. The number of ether oxygens (including phenoxy) is 1. The number of hydrogen-bond acceptors (Lipinski definition) is 5. The molecular weight excluding hydrogens is 448 g/mol. The third kappa shape index (κ3) is 5.18. The van der Waals surface area contributed by atoms with Crippen LogP contribution in [0.15, 0.2) is 60.9 Å². The molecule has 1 atom stereocenters. The second kappa shape index (κ2) is 9.61. The van der Waals surface area contributed by atoms with Crippen molar-refractivity contribution in [3.8, 4) is 11.1 Å². The molecule has 0 bridgehead atoms. The van der Waals surface area contributed by atoms with E-state index < -0.39 is 24.0 Å². The highest BCUT2D eigenvalue weighted by Gasteiger charge is 2.31. The first-order chi connectivity index (χ1) is 17.0. The molecule has 9 nitrogen and oxygen atoms in total. The van der Waals surface area contributed by atoms with Crippen LogP contribution < -0.4 is 10.6 Å². The summed E-state index contributed by atoms with van der Waals surface area (Å²) >= 11 is 0. The Kier molecular flexibility index (Phi) is 6.22. The van der Waals surface area contributed by atoms with E-state index in [0.29, 0.717) is 18.0 Å². The Morgan fingerprint density at radius 1 is 1.06 bits per heavy atom. The molecule has 0 saturated heterocycles. The van der Waals surface area contributed by atoms with Crippen molar-refractivity contribution in [2.24, 2.45) is 5.92 Å². The van der Waals surface area contributed by atoms with Gasteiger partial charge in [-0.3, -0.25) is 14.8 Å². The Morgan fingerprint density at radius 3 is 2.34 bits per heavy atom. The number of carbonyl (C=O) groups excluding carboxylic acids is 2. The molecule has 5 rings (SSSR count). The summed E-state index contributed by atoms with van der Waals surface area (Å²) in [5.74, 6) is -1.16. The van der Waals surface area contributed by atoms with E-state index in [-0.39, 0.29) is 19.1 Å². The molecule has 3 N–H and O–H groups in total. The zero-order valence-corrected chi connectivity index (χ0v) is 19.0. The van der Waals surface area contributed by atoms with Gasteiger partial charge in [0.15, 0.2) is 0 Å². The summed E-state index contributed by atoms with van der Waals surface area (Å²) in [6.45, 7) is 0.0365. The molecule has 2 aromatic carbocycles. The lowest BCUT2D eigenvalue weighted by atomic mass is 9.98. The number of fused-ring (bicyclic) bond motifs is 3. The Balaban J connectivity index is 1.14. The van der Waals surface area contributed by atoms with Crippen LogP contribution in [-0.4, -0.2) is 45.5 Å². The lowest BCUT2D eigenvalue weighted by Gasteiger charge is -2.14. The number of nitrogens with zero attached hydrogens (tertiary/aromatic N) is 2. The van der Waals surface area contributed by atoms with Crippen LogP contribution in [0.4, 0.5) is 10.5 Å². The largest absolute Gasteiger partial charge is 0.480 e. The molecule has 1 fully saturated rings. The lowest BCUT2D eigenvalue weighted by Crippen LogP contribution is -2.42. The van der Waals surface area contributed by atoms with Crippen LogP contribution in [0.2, 0.25) is 0 Å². The van der Waals surface area contributed by atoms with Gasteiger partial charge in [-0.2, -0.15) is 5.10 Å². The molecule has 1 saturated carbocycles. The highest BCUT2D eigenvalue weighted by atomic mass is 16.5. The number of anilines is 1. The number of benzene rings is 2. The highest BCUT2D eigenvalue weighted by molar-refractivity contribution is 5.85. The molecule has 2 amide bonds. The lowest BCUT2D eigenvalue weighted by molar-refractivity contribution is -0.142. The number of carbonyl (C=O) groups is 3. The Labute approximate surface area is 202 Å². The minimum atomic E-state index is -1.04. The quantitative estimate of drug-likeness (QED) is 0.435. The summed E-state index contributed by atoms with van der Waals surface area (Å²) < 4.78 is 6.86. The Hall–Kier alpha value is -4.14. The second-order valence-corrected chi connectivity index (χ2v) is 9.01. The number of amides is 2. The smallest absolute Gasteiger partial charge is 0.411 e. The van der Waals surface area contributed by atoms with E-state index in [1.54, 1.807) is 0 Å². The maximum atomic E-state index is 12.4. The van der Waals surface area contributed by atoms with Crippen molar-refractivity contribution < 1.29 is 24.2 Å². The number of rotatable bonds is 9. The highest BCUT2D eigenvalue weighted by Crippen LogP contribution is 2.44. The summed E-state index contributed by atoms with van der Waals surface area (Å²) in [5, 5.41) is 18.6. The van der Waals surface area contributed by atoms with Gasteiger partial charge in [0.2, 0.25) is 5.91 Å². The third-order valence-electron chi connectivity index (χ3n) is 6.43. The van der Waals surface area contributed by atoms with Crippen molar-refractivity contribution in [1.82, 2.24) is 15.1 Å². The van der Waals surface area contributed by atoms with E-state index in [4.69, 9.17) is 4.74 Å². The normalized spacial score (nSPS) is 15.1. The van der Waals surface area contributed by atoms with E-state index in [1.807, 2.05) is 24.3 Å². The van der Waals surface area contributed by atoms with Crippen LogP contribution in [0.1, 0.15) is 36.3 Å². The standard InChI is InChI=1S/C26H26N4O5/c31-24(29-23(25(32)33)11-16-9-10-16)14-30-13-17(12-27-30)28-26(34)35-15-22-20-7-3-1-5-18(20)19-6-2-4-8-21(19)22/h1-8,12-13,16,22-23H,9-11,14-15H2,(H,28,34)(H,29,31)(H,32,33)/t23-/m0/s1. The van der Waals surface area contributed by atoms with Crippen LogP contribution in [-0.2, 0) is 20.9 Å². The van der Waals surface area contributed by atoms with Crippen molar-refractivity contribution >= 4 is 23.7 Å². The molecule has 1 aromatic heterocycles. The molecule has 180 valence electrons. The molecule has 3 aromatic rings. The molecule has 2 aliphatic rings. The average Bonchev–Trinajstić information content (AvgIpc) is 3.47. The fourth-order valence-corrected chi connectivity index (χ4v) is 4.56. The summed E-state index contributed by atoms with van der Waals surface area (Å²) in [4.78, 5) is 36.1. The maximum absolute atomic E-state index is 12.4. The molecule has 0 aliphatic heterocycles. The predicted octanol–water partition coefficient (Wildman–Crippen LogP) is 3.61. The van der Waals surface area contributed by atoms with Gasteiger partial charge in [0.05, 0.1) is 11.9 Å². The number of aromatic nitrogens is 2. The number of nitrogens with one attached hydrogen (secondary N) is 2. The van der Waals surface area contributed by atoms with Crippen LogP contribution in [0.25, 0.3) is 11.1 Å². The first-order valence-corrected chi connectivity index (χ1v) is 11.6. The summed E-state index contributed by atoms with van der Waals surface area (Å²) in [6, 6.07) is 15.3. The van der Waals surface area contributed by atoms with Gasteiger partial charge in [-0.25, -0.2) is 9.59 Å².